The Morgan fingerprint density at radius 3 is 2.48 bits per heavy atom. The molecule has 1 nitrogen and oxygen atoms in total. The van der Waals surface area contributed by atoms with E-state index in [4.69, 9.17) is 11.6 Å². The third kappa shape index (κ3) is 3.32. The number of ketones is 1. The van der Waals surface area contributed by atoms with Crippen LogP contribution in [0.5, 0.6) is 0 Å². The maximum Gasteiger partial charge on any atom is 0.141 e. The zero-order chi connectivity index (χ0) is 14.7. The first-order valence-corrected chi connectivity index (χ1v) is 7.33. The molecule has 0 aliphatic rings. The van der Waals surface area contributed by atoms with Crippen molar-refractivity contribution in [2.24, 2.45) is 0 Å². The maximum atomic E-state index is 12.3. The highest BCUT2D eigenvalue weighted by Crippen LogP contribution is 2.20. The normalized spacial score (nSPS) is 10.7. The summed E-state index contributed by atoms with van der Waals surface area (Å²) in [7, 11) is 0. The van der Waals surface area contributed by atoms with E-state index >= 15 is 0 Å². The van der Waals surface area contributed by atoms with Gasteiger partial charge in [-0.1, -0.05) is 66.2 Å². The average molecular weight is 295 g/mol. The van der Waals surface area contributed by atoms with Gasteiger partial charge in [-0.3, -0.25) is 4.79 Å². The summed E-state index contributed by atoms with van der Waals surface area (Å²) in [6.45, 7) is 0. The average Bonchev–Trinajstić information content (AvgIpc) is 2.47. The van der Waals surface area contributed by atoms with Gasteiger partial charge in [-0.25, -0.2) is 0 Å². The Kier molecular flexibility index (Phi) is 4.03. The molecule has 0 spiro atoms. The number of carbonyl (C=O) groups is 1. The van der Waals surface area contributed by atoms with E-state index in [0.717, 1.165) is 16.5 Å². The van der Waals surface area contributed by atoms with Crippen LogP contribution in [0.3, 0.4) is 0 Å². The Bertz CT molecular complexity index is 787. The second-order valence-electron chi connectivity index (χ2n) is 5.16. The quantitative estimate of drug-likeness (QED) is 0.672. The first kappa shape index (κ1) is 13.8. The lowest BCUT2D eigenvalue weighted by atomic mass is 9.98. The Labute approximate surface area is 129 Å². The van der Waals surface area contributed by atoms with Crippen LogP contribution in [0.15, 0.2) is 66.7 Å². The van der Waals surface area contributed by atoms with Crippen LogP contribution < -0.4 is 0 Å². The molecule has 104 valence electrons. The number of hydrogen-bond acceptors (Lipinski definition) is 1. The van der Waals surface area contributed by atoms with Crippen molar-refractivity contribution in [1.29, 1.82) is 0 Å². The molecule has 0 fully saturated rings. The molecule has 0 saturated heterocycles. The summed E-state index contributed by atoms with van der Waals surface area (Å²) >= 11 is 5.96. The lowest BCUT2D eigenvalue weighted by Crippen LogP contribution is -2.06. The van der Waals surface area contributed by atoms with E-state index in [1.165, 1.54) is 5.39 Å². The lowest BCUT2D eigenvalue weighted by molar-refractivity contribution is -0.117. The zero-order valence-corrected chi connectivity index (χ0v) is 12.3. The summed E-state index contributed by atoms with van der Waals surface area (Å²) in [5, 5.41) is 3.00. The van der Waals surface area contributed by atoms with Gasteiger partial charge in [0.2, 0.25) is 0 Å². The van der Waals surface area contributed by atoms with Crippen LogP contribution in [0.1, 0.15) is 11.1 Å². The van der Waals surface area contributed by atoms with E-state index in [1.54, 1.807) is 0 Å². The third-order valence-electron chi connectivity index (χ3n) is 3.56. The molecule has 21 heavy (non-hydrogen) atoms. The predicted molar refractivity (Wildman–Crippen MR) is 87.8 cm³/mol. The Morgan fingerprint density at radius 1 is 0.857 bits per heavy atom. The van der Waals surface area contributed by atoms with Crippen LogP contribution in [-0.4, -0.2) is 5.78 Å². The largest absolute Gasteiger partial charge is 0.299 e. The fourth-order valence-corrected chi connectivity index (χ4v) is 2.81. The maximum absolute atomic E-state index is 12.3. The Hall–Kier alpha value is -2.12. The zero-order valence-electron chi connectivity index (χ0n) is 11.6. The monoisotopic (exact) mass is 294 g/mol. The van der Waals surface area contributed by atoms with E-state index < -0.39 is 0 Å². The molecule has 0 saturated carbocycles. The molecule has 2 heteroatoms. The van der Waals surface area contributed by atoms with Gasteiger partial charge in [0.25, 0.3) is 0 Å². The molecular weight excluding hydrogens is 280 g/mol. The molecule has 0 bridgehead atoms. The standard InChI is InChI=1S/C19H15ClO/c20-17-9-3-5-14(11-17)12-18(21)13-16-8-4-7-15-6-1-2-10-19(15)16/h1-11H,12-13H2. The summed E-state index contributed by atoms with van der Waals surface area (Å²) < 4.78 is 0. The van der Waals surface area contributed by atoms with Crippen molar-refractivity contribution in [3.8, 4) is 0 Å². The number of fused-ring (bicyclic) bond motifs is 1. The van der Waals surface area contributed by atoms with Crippen molar-refractivity contribution >= 4 is 28.2 Å². The van der Waals surface area contributed by atoms with Gasteiger partial charge in [-0.15, -0.1) is 0 Å². The Morgan fingerprint density at radius 2 is 1.62 bits per heavy atom. The van der Waals surface area contributed by atoms with Gasteiger partial charge in [0, 0.05) is 17.9 Å². The van der Waals surface area contributed by atoms with Crippen molar-refractivity contribution in [2.75, 3.05) is 0 Å². The van der Waals surface area contributed by atoms with Crippen LogP contribution in [0, 0.1) is 0 Å². The van der Waals surface area contributed by atoms with Crippen molar-refractivity contribution in [1.82, 2.24) is 0 Å². The molecule has 0 aromatic heterocycles. The summed E-state index contributed by atoms with van der Waals surface area (Å²) in [5.41, 5.74) is 2.05. The van der Waals surface area contributed by atoms with Gasteiger partial charge in [-0.2, -0.15) is 0 Å². The van der Waals surface area contributed by atoms with Gasteiger partial charge >= 0.3 is 0 Å². The number of Topliss-reactive ketones (excluding diaryl/α,β-unsaturated/α-hetero) is 1. The molecule has 0 radical (unpaired) electrons. The number of halogens is 1. The fraction of sp³-hybridized carbons (Fsp3) is 0.105. The van der Waals surface area contributed by atoms with E-state index in [1.807, 2.05) is 48.5 Å². The molecule has 3 rings (SSSR count). The summed E-state index contributed by atoms with van der Waals surface area (Å²) in [6, 6.07) is 21.7. The molecule has 0 unspecified atom stereocenters. The highest BCUT2D eigenvalue weighted by Gasteiger charge is 2.08. The molecule has 0 heterocycles. The SMILES string of the molecule is O=C(Cc1cccc(Cl)c1)Cc1cccc2ccccc12. The van der Waals surface area contributed by atoms with Gasteiger partial charge in [0.1, 0.15) is 5.78 Å². The van der Waals surface area contributed by atoms with E-state index in [-0.39, 0.29) is 5.78 Å². The summed E-state index contributed by atoms with van der Waals surface area (Å²) in [5.74, 6) is 0.202. The van der Waals surface area contributed by atoms with Crippen molar-refractivity contribution in [3.63, 3.8) is 0 Å². The first-order valence-electron chi connectivity index (χ1n) is 6.95. The highest BCUT2D eigenvalue weighted by atomic mass is 35.5. The van der Waals surface area contributed by atoms with Gasteiger partial charge in [0.05, 0.1) is 0 Å². The lowest BCUT2D eigenvalue weighted by Gasteiger charge is -2.06. The second-order valence-corrected chi connectivity index (χ2v) is 5.60. The minimum absolute atomic E-state index is 0.202. The van der Waals surface area contributed by atoms with Crippen molar-refractivity contribution in [3.05, 3.63) is 82.9 Å². The van der Waals surface area contributed by atoms with Crippen LogP contribution in [-0.2, 0) is 17.6 Å². The molecular formula is C19H15ClO. The van der Waals surface area contributed by atoms with Gasteiger partial charge < -0.3 is 0 Å². The number of benzene rings is 3. The highest BCUT2D eigenvalue weighted by molar-refractivity contribution is 6.30. The number of rotatable bonds is 4. The number of hydrogen-bond donors (Lipinski definition) is 0. The summed E-state index contributed by atoms with van der Waals surface area (Å²) in [6.07, 6.45) is 0.873. The van der Waals surface area contributed by atoms with Crippen LogP contribution >= 0.6 is 11.6 Å². The van der Waals surface area contributed by atoms with Gasteiger partial charge in [0.15, 0.2) is 0 Å². The van der Waals surface area contributed by atoms with Crippen LogP contribution in [0.4, 0.5) is 0 Å². The van der Waals surface area contributed by atoms with Crippen LogP contribution in [0.2, 0.25) is 5.02 Å². The molecule has 0 amide bonds. The van der Waals surface area contributed by atoms with E-state index in [0.29, 0.717) is 17.9 Å². The fourth-order valence-electron chi connectivity index (χ4n) is 2.60. The van der Waals surface area contributed by atoms with E-state index in [9.17, 15) is 4.79 Å². The van der Waals surface area contributed by atoms with Gasteiger partial charge in [-0.05, 0) is 34.0 Å². The minimum Gasteiger partial charge on any atom is -0.299 e. The van der Waals surface area contributed by atoms with Crippen LogP contribution in [0.25, 0.3) is 10.8 Å². The topological polar surface area (TPSA) is 17.1 Å². The first-order chi connectivity index (χ1) is 10.2. The van der Waals surface area contributed by atoms with E-state index in [2.05, 4.69) is 18.2 Å². The molecule has 3 aromatic carbocycles. The van der Waals surface area contributed by atoms with Crippen molar-refractivity contribution < 1.29 is 4.79 Å². The number of carbonyl (C=O) groups excluding carboxylic acids is 1. The molecule has 0 aliphatic heterocycles. The third-order valence-corrected chi connectivity index (χ3v) is 3.79. The molecule has 0 aliphatic carbocycles. The summed E-state index contributed by atoms with van der Waals surface area (Å²) in [4.78, 5) is 12.3. The Balaban J connectivity index is 1.80. The molecule has 0 N–H and O–H groups in total. The molecule has 0 atom stereocenters. The predicted octanol–water partition coefficient (Wildman–Crippen LogP) is 4.85. The van der Waals surface area contributed by atoms with Crippen molar-refractivity contribution in [2.45, 2.75) is 12.8 Å². The second kappa shape index (κ2) is 6.11. The smallest absolute Gasteiger partial charge is 0.141 e. The molecule has 3 aromatic rings. The minimum atomic E-state index is 0.202.